The minimum Gasteiger partial charge on any atom is -0.336 e. The molecule has 1 fully saturated rings. The number of sulfonamides is 1. The van der Waals surface area contributed by atoms with Crippen molar-refractivity contribution >= 4 is 21.6 Å². The number of piperazine rings is 1. The van der Waals surface area contributed by atoms with Gasteiger partial charge in [0.05, 0.1) is 10.6 Å². The highest BCUT2D eigenvalue weighted by Gasteiger charge is 2.24. The third kappa shape index (κ3) is 4.95. The molecule has 1 saturated heterocycles. The zero-order chi connectivity index (χ0) is 22.0. The number of aromatic nitrogens is 2. The Morgan fingerprint density at radius 2 is 1.87 bits per heavy atom. The second kappa shape index (κ2) is 8.78. The summed E-state index contributed by atoms with van der Waals surface area (Å²) in [5, 5.41) is 0. The van der Waals surface area contributed by atoms with Gasteiger partial charge in [0.2, 0.25) is 10.0 Å². The molecule has 1 amide bonds. The van der Waals surface area contributed by atoms with Crippen molar-refractivity contribution in [2.75, 3.05) is 26.2 Å². The summed E-state index contributed by atoms with van der Waals surface area (Å²) in [4.78, 5) is 21.8. The Morgan fingerprint density at radius 3 is 2.58 bits per heavy atom. The molecule has 8 nitrogen and oxygen atoms in total. The van der Waals surface area contributed by atoms with E-state index in [0.29, 0.717) is 18.7 Å². The van der Waals surface area contributed by atoms with E-state index in [1.54, 1.807) is 30.9 Å². The minimum absolute atomic E-state index is 0.109. The van der Waals surface area contributed by atoms with Crippen LogP contribution >= 0.6 is 0 Å². The fourth-order valence-electron chi connectivity index (χ4n) is 3.76. The average molecular weight is 442 g/mol. The summed E-state index contributed by atoms with van der Waals surface area (Å²) in [6, 6.07) is 11.9. The smallest absolute Gasteiger partial charge is 0.253 e. The van der Waals surface area contributed by atoms with E-state index in [1.165, 1.54) is 12.1 Å². The average Bonchev–Trinajstić information content (AvgIpc) is 3.15. The van der Waals surface area contributed by atoms with Crippen molar-refractivity contribution in [3.63, 3.8) is 0 Å². The SMILES string of the molecule is CC(C)NS(=O)(=O)c1cccc(C(=O)N2CCN(Cc3cn4ccccc4n3)CC2)c1. The van der Waals surface area contributed by atoms with Gasteiger partial charge in [0.1, 0.15) is 5.65 Å². The van der Waals surface area contributed by atoms with E-state index in [1.807, 2.05) is 35.0 Å². The highest BCUT2D eigenvalue weighted by molar-refractivity contribution is 7.89. The van der Waals surface area contributed by atoms with Crippen LogP contribution in [0.5, 0.6) is 0 Å². The number of nitrogens with zero attached hydrogens (tertiary/aromatic N) is 4. The fourth-order valence-corrected chi connectivity index (χ4v) is 5.06. The molecule has 1 N–H and O–H groups in total. The summed E-state index contributed by atoms with van der Waals surface area (Å²) in [6.07, 6.45) is 4.01. The van der Waals surface area contributed by atoms with Crippen LogP contribution in [0.4, 0.5) is 0 Å². The number of rotatable bonds is 6. The summed E-state index contributed by atoms with van der Waals surface area (Å²) < 4.78 is 29.4. The lowest BCUT2D eigenvalue weighted by atomic mass is 10.2. The monoisotopic (exact) mass is 441 g/mol. The number of amides is 1. The van der Waals surface area contributed by atoms with E-state index in [9.17, 15) is 13.2 Å². The van der Waals surface area contributed by atoms with Gasteiger partial charge >= 0.3 is 0 Å². The Balaban J connectivity index is 1.38. The van der Waals surface area contributed by atoms with Crippen LogP contribution in [0.2, 0.25) is 0 Å². The Labute approximate surface area is 182 Å². The van der Waals surface area contributed by atoms with Crippen LogP contribution in [0.15, 0.2) is 59.8 Å². The standard InChI is InChI=1S/C22H27N5O3S/c1-17(2)24-31(29,30)20-7-5-6-18(14-20)22(28)26-12-10-25(11-13-26)15-19-16-27-9-4-3-8-21(27)23-19/h3-9,14,16-17,24H,10-13,15H2,1-2H3. The maximum absolute atomic E-state index is 13.0. The van der Waals surface area contributed by atoms with Crippen LogP contribution in [-0.4, -0.2) is 65.7 Å². The molecule has 3 heterocycles. The molecule has 31 heavy (non-hydrogen) atoms. The largest absolute Gasteiger partial charge is 0.336 e. The Bertz CT molecular complexity index is 1150. The molecule has 3 aromatic rings. The lowest BCUT2D eigenvalue weighted by molar-refractivity contribution is 0.0627. The minimum atomic E-state index is -3.64. The maximum Gasteiger partial charge on any atom is 0.253 e. The predicted molar refractivity (Wildman–Crippen MR) is 118 cm³/mol. The fraction of sp³-hybridized carbons (Fsp3) is 0.364. The molecule has 0 bridgehead atoms. The van der Waals surface area contributed by atoms with Crippen molar-refractivity contribution in [3.05, 3.63) is 66.1 Å². The lowest BCUT2D eigenvalue weighted by Gasteiger charge is -2.34. The summed E-state index contributed by atoms with van der Waals surface area (Å²) in [7, 11) is -3.64. The number of hydrogen-bond acceptors (Lipinski definition) is 5. The van der Waals surface area contributed by atoms with Gasteiger partial charge in [-0.05, 0) is 44.2 Å². The maximum atomic E-state index is 13.0. The van der Waals surface area contributed by atoms with Crippen LogP contribution in [0.25, 0.3) is 5.65 Å². The third-order valence-electron chi connectivity index (χ3n) is 5.24. The molecule has 0 aliphatic carbocycles. The summed E-state index contributed by atoms with van der Waals surface area (Å²) in [6.45, 7) is 6.93. The normalized spacial score (nSPS) is 15.6. The highest BCUT2D eigenvalue weighted by Crippen LogP contribution is 2.16. The van der Waals surface area contributed by atoms with Gasteiger partial charge < -0.3 is 9.30 Å². The molecule has 1 aliphatic rings. The molecule has 1 aliphatic heterocycles. The van der Waals surface area contributed by atoms with Gasteiger partial charge in [0.15, 0.2) is 0 Å². The topological polar surface area (TPSA) is 87.0 Å². The summed E-state index contributed by atoms with van der Waals surface area (Å²) in [5.74, 6) is -0.144. The second-order valence-electron chi connectivity index (χ2n) is 8.07. The molecular weight excluding hydrogens is 414 g/mol. The molecule has 4 rings (SSSR count). The molecule has 0 radical (unpaired) electrons. The summed E-state index contributed by atoms with van der Waals surface area (Å²) in [5.41, 5.74) is 2.31. The number of nitrogens with one attached hydrogen (secondary N) is 1. The number of carbonyl (C=O) groups is 1. The first-order valence-electron chi connectivity index (χ1n) is 10.4. The van der Waals surface area contributed by atoms with E-state index in [2.05, 4.69) is 14.6 Å². The zero-order valence-corrected chi connectivity index (χ0v) is 18.5. The Kier molecular flexibility index (Phi) is 6.08. The quantitative estimate of drug-likeness (QED) is 0.632. The van der Waals surface area contributed by atoms with Crippen LogP contribution in [0, 0.1) is 0 Å². The molecule has 164 valence electrons. The predicted octanol–water partition coefficient (Wildman–Crippen LogP) is 1.98. The molecule has 0 saturated carbocycles. The van der Waals surface area contributed by atoms with Crippen molar-refractivity contribution in [3.8, 4) is 0 Å². The van der Waals surface area contributed by atoms with Crippen molar-refractivity contribution in [1.82, 2.24) is 23.9 Å². The van der Waals surface area contributed by atoms with Gasteiger partial charge in [0.25, 0.3) is 5.91 Å². The van der Waals surface area contributed by atoms with Crippen molar-refractivity contribution in [1.29, 1.82) is 0 Å². The van der Waals surface area contributed by atoms with Gasteiger partial charge in [0, 0.05) is 56.7 Å². The molecule has 0 spiro atoms. The van der Waals surface area contributed by atoms with Gasteiger partial charge in [-0.1, -0.05) is 12.1 Å². The van der Waals surface area contributed by atoms with E-state index < -0.39 is 10.0 Å². The first-order valence-corrected chi connectivity index (χ1v) is 11.9. The van der Waals surface area contributed by atoms with E-state index in [4.69, 9.17) is 0 Å². The van der Waals surface area contributed by atoms with Crippen molar-refractivity contribution in [2.24, 2.45) is 0 Å². The summed E-state index contributed by atoms with van der Waals surface area (Å²) >= 11 is 0. The first kappa shape index (κ1) is 21.5. The number of benzene rings is 1. The lowest BCUT2D eigenvalue weighted by Crippen LogP contribution is -2.48. The Hall–Kier alpha value is -2.75. The first-order chi connectivity index (χ1) is 14.8. The van der Waals surface area contributed by atoms with E-state index in [-0.39, 0.29) is 16.8 Å². The molecule has 0 unspecified atom stereocenters. The van der Waals surface area contributed by atoms with E-state index in [0.717, 1.165) is 31.0 Å². The van der Waals surface area contributed by atoms with E-state index >= 15 is 0 Å². The molecule has 1 aromatic carbocycles. The van der Waals surface area contributed by atoms with Crippen LogP contribution in [0.3, 0.4) is 0 Å². The van der Waals surface area contributed by atoms with Gasteiger partial charge in [-0.25, -0.2) is 18.1 Å². The number of fused-ring (bicyclic) bond motifs is 1. The van der Waals surface area contributed by atoms with Crippen LogP contribution < -0.4 is 4.72 Å². The number of hydrogen-bond donors (Lipinski definition) is 1. The number of pyridine rings is 1. The van der Waals surface area contributed by atoms with Crippen molar-refractivity contribution < 1.29 is 13.2 Å². The second-order valence-corrected chi connectivity index (χ2v) is 9.78. The molecular formula is C22H27N5O3S. The van der Waals surface area contributed by atoms with Gasteiger partial charge in [-0.15, -0.1) is 0 Å². The molecule has 2 aromatic heterocycles. The van der Waals surface area contributed by atoms with Gasteiger partial charge in [-0.2, -0.15) is 0 Å². The van der Waals surface area contributed by atoms with Crippen LogP contribution in [-0.2, 0) is 16.6 Å². The molecule has 9 heteroatoms. The van der Waals surface area contributed by atoms with Crippen LogP contribution in [0.1, 0.15) is 29.9 Å². The number of carbonyl (C=O) groups excluding carboxylic acids is 1. The Morgan fingerprint density at radius 1 is 1.10 bits per heavy atom. The highest BCUT2D eigenvalue weighted by atomic mass is 32.2. The third-order valence-corrected chi connectivity index (χ3v) is 6.90. The zero-order valence-electron chi connectivity index (χ0n) is 17.7. The number of imidazole rings is 1. The molecule has 0 atom stereocenters. The van der Waals surface area contributed by atoms with Crippen molar-refractivity contribution in [2.45, 2.75) is 31.3 Å². The van der Waals surface area contributed by atoms with Gasteiger partial charge in [-0.3, -0.25) is 9.69 Å².